The minimum atomic E-state index is -0.295. The van der Waals surface area contributed by atoms with Gasteiger partial charge in [-0.3, -0.25) is 4.79 Å². The van der Waals surface area contributed by atoms with Crippen molar-refractivity contribution in [1.82, 2.24) is 5.32 Å². The molecular weight excluding hydrogens is 315 g/mol. The fourth-order valence-corrected chi connectivity index (χ4v) is 3.16. The maximum absolute atomic E-state index is 13.9. The van der Waals surface area contributed by atoms with Gasteiger partial charge in [-0.05, 0) is 42.2 Å². The van der Waals surface area contributed by atoms with Crippen LogP contribution in [0.15, 0.2) is 42.5 Å². The van der Waals surface area contributed by atoms with Gasteiger partial charge in [-0.15, -0.1) is 0 Å². The van der Waals surface area contributed by atoms with E-state index in [1.807, 2.05) is 24.3 Å². The molecule has 0 unspecified atom stereocenters. The van der Waals surface area contributed by atoms with Crippen molar-refractivity contribution in [2.24, 2.45) is 11.7 Å². The summed E-state index contributed by atoms with van der Waals surface area (Å²) in [6.07, 6.45) is 1.51. The monoisotopic (exact) mass is 332 g/mol. The summed E-state index contributed by atoms with van der Waals surface area (Å²) in [6, 6.07) is 12.3. The van der Waals surface area contributed by atoms with Crippen LogP contribution in [0.1, 0.15) is 12.0 Å². The first-order valence-corrected chi connectivity index (χ1v) is 7.99. The summed E-state index contributed by atoms with van der Waals surface area (Å²) in [5.74, 6) is -0.342. The van der Waals surface area contributed by atoms with E-state index in [0.717, 1.165) is 24.0 Å². The van der Waals surface area contributed by atoms with Crippen LogP contribution < -0.4 is 11.1 Å². The standard InChI is InChI=1S/C18H18ClFN2O/c19-14-5-6-17(20)16(9-14)12-3-1-11(2-4-12)7-15-8-13(10-21)18(23)22-15/h1-6,9,13,15H,7-8,10,21H2,(H,22,23)/t13-,15+/m0/s1. The molecular formula is C18H18ClFN2O. The van der Waals surface area contributed by atoms with E-state index in [2.05, 4.69) is 5.32 Å². The molecule has 0 aliphatic carbocycles. The van der Waals surface area contributed by atoms with Gasteiger partial charge in [0, 0.05) is 23.2 Å². The smallest absolute Gasteiger partial charge is 0.224 e. The number of nitrogens with two attached hydrogens (primary N) is 1. The predicted octanol–water partition coefficient (Wildman–Crippen LogP) is 3.15. The van der Waals surface area contributed by atoms with Crippen LogP contribution in [0, 0.1) is 11.7 Å². The lowest BCUT2D eigenvalue weighted by molar-refractivity contribution is -0.122. The predicted molar refractivity (Wildman–Crippen MR) is 89.6 cm³/mol. The number of halogens is 2. The lowest BCUT2D eigenvalue weighted by Gasteiger charge is -2.11. The molecule has 1 heterocycles. The van der Waals surface area contributed by atoms with Crippen molar-refractivity contribution in [3.8, 4) is 11.1 Å². The molecule has 3 rings (SSSR count). The highest BCUT2D eigenvalue weighted by molar-refractivity contribution is 6.30. The molecule has 0 saturated carbocycles. The van der Waals surface area contributed by atoms with E-state index >= 15 is 0 Å². The normalized spacial score (nSPS) is 20.6. The Kier molecular flexibility index (Phi) is 4.64. The summed E-state index contributed by atoms with van der Waals surface area (Å²) in [5.41, 5.74) is 7.95. The summed E-state index contributed by atoms with van der Waals surface area (Å²) in [5, 5.41) is 3.48. The molecule has 23 heavy (non-hydrogen) atoms. The van der Waals surface area contributed by atoms with Crippen LogP contribution in [0.5, 0.6) is 0 Å². The fraction of sp³-hybridized carbons (Fsp3) is 0.278. The molecule has 0 radical (unpaired) electrons. The highest BCUT2D eigenvalue weighted by Gasteiger charge is 2.30. The summed E-state index contributed by atoms with van der Waals surface area (Å²) in [6.45, 7) is 0.384. The van der Waals surface area contributed by atoms with Crippen molar-refractivity contribution in [3.63, 3.8) is 0 Å². The van der Waals surface area contributed by atoms with E-state index in [0.29, 0.717) is 17.1 Å². The van der Waals surface area contributed by atoms with Gasteiger partial charge in [-0.2, -0.15) is 0 Å². The molecule has 1 aliphatic rings. The largest absolute Gasteiger partial charge is 0.353 e. The van der Waals surface area contributed by atoms with Crippen molar-refractivity contribution in [1.29, 1.82) is 0 Å². The first kappa shape index (κ1) is 16.0. The third-order valence-electron chi connectivity index (χ3n) is 4.25. The van der Waals surface area contributed by atoms with Crippen LogP contribution in [0.25, 0.3) is 11.1 Å². The number of hydrogen-bond donors (Lipinski definition) is 2. The molecule has 3 N–H and O–H groups in total. The zero-order valence-corrected chi connectivity index (χ0v) is 13.3. The maximum Gasteiger partial charge on any atom is 0.224 e. The second-order valence-corrected chi connectivity index (χ2v) is 6.34. The summed E-state index contributed by atoms with van der Waals surface area (Å²) in [7, 11) is 0. The number of nitrogens with one attached hydrogen (secondary N) is 1. The van der Waals surface area contributed by atoms with Crippen LogP contribution >= 0.6 is 11.6 Å². The Labute approximate surface area is 139 Å². The van der Waals surface area contributed by atoms with Crippen molar-refractivity contribution >= 4 is 17.5 Å². The Morgan fingerprint density at radius 3 is 2.61 bits per heavy atom. The quantitative estimate of drug-likeness (QED) is 0.903. The summed E-state index contributed by atoms with van der Waals surface area (Å²) < 4.78 is 13.9. The molecule has 0 bridgehead atoms. The SMILES string of the molecule is NC[C@@H]1C[C@@H](Cc2ccc(-c3cc(Cl)ccc3F)cc2)NC1=O. The van der Waals surface area contributed by atoms with Gasteiger partial charge in [-0.1, -0.05) is 35.9 Å². The van der Waals surface area contributed by atoms with Gasteiger partial charge in [0.2, 0.25) is 5.91 Å². The second kappa shape index (κ2) is 6.69. The van der Waals surface area contributed by atoms with Crippen molar-refractivity contribution in [2.45, 2.75) is 18.9 Å². The molecule has 1 aliphatic heterocycles. The molecule has 3 nitrogen and oxygen atoms in total. The van der Waals surface area contributed by atoms with E-state index in [9.17, 15) is 9.18 Å². The van der Waals surface area contributed by atoms with Crippen LogP contribution in [-0.2, 0) is 11.2 Å². The Morgan fingerprint density at radius 2 is 1.96 bits per heavy atom. The van der Waals surface area contributed by atoms with E-state index < -0.39 is 0 Å². The molecule has 5 heteroatoms. The van der Waals surface area contributed by atoms with E-state index in [-0.39, 0.29) is 23.7 Å². The van der Waals surface area contributed by atoms with E-state index in [1.54, 1.807) is 6.07 Å². The maximum atomic E-state index is 13.9. The van der Waals surface area contributed by atoms with Crippen LogP contribution in [0.2, 0.25) is 5.02 Å². The zero-order valence-electron chi connectivity index (χ0n) is 12.6. The van der Waals surface area contributed by atoms with Gasteiger partial charge in [0.25, 0.3) is 0 Å². The molecule has 1 saturated heterocycles. The molecule has 2 atom stereocenters. The topological polar surface area (TPSA) is 55.1 Å². The first-order valence-electron chi connectivity index (χ1n) is 7.61. The number of hydrogen-bond acceptors (Lipinski definition) is 2. The summed E-state index contributed by atoms with van der Waals surface area (Å²) >= 11 is 5.94. The zero-order chi connectivity index (χ0) is 16.4. The van der Waals surface area contributed by atoms with Crippen molar-refractivity contribution < 1.29 is 9.18 Å². The number of amides is 1. The minimum absolute atomic E-state index is 0.0371. The van der Waals surface area contributed by atoms with Crippen LogP contribution in [-0.4, -0.2) is 18.5 Å². The van der Waals surface area contributed by atoms with Crippen molar-refractivity contribution in [3.05, 3.63) is 58.9 Å². The molecule has 1 amide bonds. The molecule has 120 valence electrons. The highest BCUT2D eigenvalue weighted by Crippen LogP contribution is 2.27. The van der Waals surface area contributed by atoms with Crippen LogP contribution in [0.3, 0.4) is 0 Å². The van der Waals surface area contributed by atoms with E-state index in [4.69, 9.17) is 17.3 Å². The number of benzene rings is 2. The Bertz CT molecular complexity index is 717. The Hall–Kier alpha value is -1.91. The molecule has 2 aromatic rings. The van der Waals surface area contributed by atoms with Gasteiger partial charge >= 0.3 is 0 Å². The van der Waals surface area contributed by atoms with Crippen molar-refractivity contribution in [2.75, 3.05) is 6.54 Å². The second-order valence-electron chi connectivity index (χ2n) is 5.90. The van der Waals surface area contributed by atoms with E-state index in [1.165, 1.54) is 12.1 Å². The number of rotatable bonds is 4. The lowest BCUT2D eigenvalue weighted by Crippen LogP contribution is -2.29. The molecule has 0 aromatic heterocycles. The summed E-state index contributed by atoms with van der Waals surface area (Å²) in [4.78, 5) is 11.7. The third-order valence-corrected chi connectivity index (χ3v) is 4.48. The molecule has 1 fully saturated rings. The fourth-order valence-electron chi connectivity index (χ4n) is 2.99. The first-order chi connectivity index (χ1) is 11.1. The highest BCUT2D eigenvalue weighted by atomic mass is 35.5. The number of carbonyl (C=O) groups is 1. The molecule has 0 spiro atoms. The van der Waals surface area contributed by atoms with Gasteiger partial charge in [0.05, 0.1) is 5.92 Å². The molecule has 2 aromatic carbocycles. The van der Waals surface area contributed by atoms with Crippen LogP contribution in [0.4, 0.5) is 4.39 Å². The Morgan fingerprint density at radius 1 is 1.22 bits per heavy atom. The Balaban J connectivity index is 1.73. The number of carbonyl (C=O) groups excluding carboxylic acids is 1. The average Bonchev–Trinajstić information content (AvgIpc) is 2.90. The minimum Gasteiger partial charge on any atom is -0.353 e. The van der Waals surface area contributed by atoms with Gasteiger partial charge < -0.3 is 11.1 Å². The third kappa shape index (κ3) is 3.54. The van der Waals surface area contributed by atoms with Gasteiger partial charge in [0.15, 0.2) is 0 Å². The van der Waals surface area contributed by atoms with Gasteiger partial charge in [0.1, 0.15) is 5.82 Å². The lowest BCUT2D eigenvalue weighted by atomic mass is 9.98. The van der Waals surface area contributed by atoms with Gasteiger partial charge in [-0.25, -0.2) is 4.39 Å². The average molecular weight is 333 g/mol.